The molecule has 0 unspecified atom stereocenters. The van der Waals surface area contributed by atoms with Gasteiger partial charge in [0.1, 0.15) is 0 Å². The van der Waals surface area contributed by atoms with E-state index in [0.29, 0.717) is 5.56 Å². The summed E-state index contributed by atoms with van der Waals surface area (Å²) in [5.41, 5.74) is 5.27. The maximum absolute atomic E-state index is 11.8. The number of hydrogen-bond donors (Lipinski definition) is 0. The molecule has 2 aromatic carbocycles. The number of fused-ring (bicyclic) bond motifs is 2. The van der Waals surface area contributed by atoms with Crippen LogP contribution in [0.5, 0.6) is 0 Å². The molecule has 0 saturated heterocycles. The Hall–Kier alpha value is -2.13. The minimum absolute atomic E-state index is 0.204. The normalized spacial score (nSPS) is 17.5. The number of thiophene rings is 1. The van der Waals surface area contributed by atoms with Gasteiger partial charge in [-0.25, -0.2) is 4.79 Å². The van der Waals surface area contributed by atoms with Crippen LogP contribution in [0.15, 0.2) is 42.5 Å². The minimum Gasteiger partial charge on any atom is -0.465 e. The zero-order valence-corrected chi connectivity index (χ0v) is 17.5. The van der Waals surface area contributed by atoms with Gasteiger partial charge in [0.2, 0.25) is 0 Å². The molecule has 3 aromatic rings. The van der Waals surface area contributed by atoms with E-state index in [1.54, 1.807) is 11.3 Å². The van der Waals surface area contributed by atoms with Crippen LogP contribution in [0.2, 0.25) is 0 Å². The Morgan fingerprint density at radius 1 is 0.926 bits per heavy atom. The Morgan fingerprint density at radius 2 is 1.63 bits per heavy atom. The Labute approximate surface area is 165 Å². The summed E-state index contributed by atoms with van der Waals surface area (Å²) in [6.45, 7) is 9.43. The van der Waals surface area contributed by atoms with E-state index < -0.39 is 0 Å². The molecule has 0 aliphatic heterocycles. The molecular weight excluding hydrogens is 352 g/mol. The monoisotopic (exact) mass is 378 g/mol. The fourth-order valence-electron chi connectivity index (χ4n) is 4.16. The first-order chi connectivity index (χ1) is 12.7. The second-order valence-corrected chi connectivity index (χ2v) is 9.97. The highest BCUT2D eigenvalue weighted by molar-refractivity contribution is 7.22. The first-order valence-corrected chi connectivity index (χ1v) is 10.3. The molecule has 0 bridgehead atoms. The zero-order chi connectivity index (χ0) is 19.4. The van der Waals surface area contributed by atoms with Gasteiger partial charge < -0.3 is 4.74 Å². The molecule has 140 valence electrons. The van der Waals surface area contributed by atoms with Crippen LogP contribution >= 0.6 is 11.3 Å². The number of carbonyl (C=O) groups excluding carboxylic acids is 1. The van der Waals surface area contributed by atoms with Gasteiger partial charge in [-0.3, -0.25) is 0 Å². The Kier molecular flexibility index (Phi) is 4.19. The van der Waals surface area contributed by atoms with Crippen LogP contribution in [0, 0.1) is 0 Å². The molecule has 27 heavy (non-hydrogen) atoms. The number of benzene rings is 2. The van der Waals surface area contributed by atoms with E-state index in [2.05, 4.69) is 52.0 Å². The minimum atomic E-state index is -0.287. The van der Waals surface area contributed by atoms with Gasteiger partial charge in [0, 0.05) is 9.58 Å². The fourth-order valence-corrected chi connectivity index (χ4v) is 5.26. The van der Waals surface area contributed by atoms with Gasteiger partial charge in [0.05, 0.1) is 12.7 Å². The van der Waals surface area contributed by atoms with Crippen LogP contribution < -0.4 is 0 Å². The zero-order valence-electron chi connectivity index (χ0n) is 16.7. The number of ether oxygens (including phenoxy) is 1. The highest BCUT2D eigenvalue weighted by atomic mass is 32.1. The molecule has 0 saturated carbocycles. The molecule has 1 heterocycles. The molecule has 1 aromatic heterocycles. The summed E-state index contributed by atoms with van der Waals surface area (Å²) in [5, 5.41) is 1.17. The van der Waals surface area contributed by atoms with Crippen LogP contribution in [0.3, 0.4) is 0 Å². The Morgan fingerprint density at radius 3 is 2.33 bits per heavy atom. The highest BCUT2D eigenvalue weighted by Gasteiger charge is 2.37. The first kappa shape index (κ1) is 18.2. The molecule has 0 amide bonds. The summed E-state index contributed by atoms with van der Waals surface area (Å²) in [6, 6.07) is 15.0. The third kappa shape index (κ3) is 3.08. The van der Waals surface area contributed by atoms with Crippen molar-refractivity contribution in [1.82, 2.24) is 0 Å². The van der Waals surface area contributed by atoms with Crippen molar-refractivity contribution in [3.63, 3.8) is 0 Å². The Balaban J connectivity index is 1.81. The van der Waals surface area contributed by atoms with Crippen molar-refractivity contribution < 1.29 is 9.53 Å². The standard InChI is InChI=1S/C24H26O2S/c1-23(2)10-11-24(3,4)19-12-15(8-9-18(19)23)20-13-16-6-7-17(22(25)26-5)14-21(16)27-20/h6-9,12-14H,10-11H2,1-5H3. The summed E-state index contributed by atoms with van der Waals surface area (Å²) in [4.78, 5) is 13.1. The molecule has 0 N–H and O–H groups in total. The van der Waals surface area contributed by atoms with E-state index in [-0.39, 0.29) is 16.8 Å². The van der Waals surface area contributed by atoms with Gasteiger partial charge in [-0.15, -0.1) is 11.3 Å². The van der Waals surface area contributed by atoms with Crippen LogP contribution in [-0.2, 0) is 15.6 Å². The second kappa shape index (κ2) is 6.20. The van der Waals surface area contributed by atoms with E-state index in [9.17, 15) is 4.79 Å². The van der Waals surface area contributed by atoms with Gasteiger partial charge in [0.15, 0.2) is 0 Å². The summed E-state index contributed by atoms with van der Waals surface area (Å²) < 4.78 is 5.96. The maximum atomic E-state index is 11.8. The van der Waals surface area contributed by atoms with Crippen LogP contribution in [0.1, 0.15) is 62.0 Å². The van der Waals surface area contributed by atoms with Gasteiger partial charge in [-0.2, -0.15) is 0 Å². The molecule has 0 fully saturated rings. The van der Waals surface area contributed by atoms with E-state index in [1.807, 2.05) is 18.2 Å². The number of carbonyl (C=O) groups is 1. The summed E-state index contributed by atoms with van der Waals surface area (Å²) in [7, 11) is 1.42. The lowest BCUT2D eigenvalue weighted by atomic mass is 9.63. The van der Waals surface area contributed by atoms with E-state index in [1.165, 1.54) is 46.9 Å². The van der Waals surface area contributed by atoms with Crippen molar-refractivity contribution in [2.45, 2.75) is 51.4 Å². The molecule has 4 rings (SSSR count). The molecular formula is C24H26O2S. The van der Waals surface area contributed by atoms with Crippen molar-refractivity contribution in [3.05, 3.63) is 59.2 Å². The van der Waals surface area contributed by atoms with E-state index in [4.69, 9.17) is 4.74 Å². The number of hydrogen-bond acceptors (Lipinski definition) is 3. The fraction of sp³-hybridized carbons (Fsp3) is 0.375. The van der Waals surface area contributed by atoms with E-state index >= 15 is 0 Å². The highest BCUT2D eigenvalue weighted by Crippen LogP contribution is 2.47. The Bertz CT molecular complexity index is 1040. The van der Waals surface area contributed by atoms with Gasteiger partial charge in [0.25, 0.3) is 0 Å². The quantitative estimate of drug-likeness (QED) is 0.464. The lowest BCUT2D eigenvalue weighted by Crippen LogP contribution is -2.33. The van der Waals surface area contributed by atoms with Gasteiger partial charge in [-0.1, -0.05) is 45.9 Å². The maximum Gasteiger partial charge on any atom is 0.337 e. The third-order valence-corrected chi connectivity index (χ3v) is 7.23. The van der Waals surface area contributed by atoms with Crippen molar-refractivity contribution >= 4 is 27.4 Å². The van der Waals surface area contributed by atoms with Crippen LogP contribution in [-0.4, -0.2) is 13.1 Å². The molecule has 0 radical (unpaired) electrons. The number of methoxy groups -OCH3 is 1. The van der Waals surface area contributed by atoms with Crippen molar-refractivity contribution in [2.24, 2.45) is 0 Å². The van der Waals surface area contributed by atoms with Crippen molar-refractivity contribution in [1.29, 1.82) is 0 Å². The SMILES string of the molecule is COC(=O)c1ccc2cc(-c3ccc4c(c3)C(C)(C)CCC4(C)C)sc2c1. The largest absolute Gasteiger partial charge is 0.465 e. The van der Waals surface area contributed by atoms with E-state index in [0.717, 1.165) is 4.70 Å². The average Bonchev–Trinajstić information content (AvgIpc) is 3.08. The summed E-state index contributed by atoms with van der Waals surface area (Å²) in [5.74, 6) is -0.287. The van der Waals surface area contributed by atoms with Gasteiger partial charge in [-0.05, 0) is 70.0 Å². The lowest BCUT2D eigenvalue weighted by Gasteiger charge is -2.42. The lowest BCUT2D eigenvalue weighted by molar-refractivity contribution is 0.0601. The average molecular weight is 379 g/mol. The molecule has 1 aliphatic rings. The summed E-state index contributed by atoms with van der Waals surface area (Å²) >= 11 is 1.74. The van der Waals surface area contributed by atoms with Crippen LogP contribution in [0.4, 0.5) is 0 Å². The molecule has 3 heteroatoms. The number of esters is 1. The predicted octanol–water partition coefficient (Wildman–Crippen LogP) is 6.70. The van der Waals surface area contributed by atoms with Crippen LogP contribution in [0.25, 0.3) is 20.5 Å². The molecule has 2 nitrogen and oxygen atoms in total. The summed E-state index contributed by atoms with van der Waals surface area (Å²) in [6.07, 6.45) is 2.44. The van der Waals surface area contributed by atoms with Crippen molar-refractivity contribution in [2.75, 3.05) is 7.11 Å². The predicted molar refractivity (Wildman–Crippen MR) is 114 cm³/mol. The molecule has 0 atom stereocenters. The molecule has 0 spiro atoms. The third-order valence-electron chi connectivity index (χ3n) is 6.08. The topological polar surface area (TPSA) is 26.3 Å². The molecule has 1 aliphatic carbocycles. The van der Waals surface area contributed by atoms with Gasteiger partial charge >= 0.3 is 5.97 Å². The smallest absolute Gasteiger partial charge is 0.337 e. The van der Waals surface area contributed by atoms with Crippen molar-refractivity contribution in [3.8, 4) is 10.4 Å². The first-order valence-electron chi connectivity index (χ1n) is 9.49. The number of rotatable bonds is 2. The second-order valence-electron chi connectivity index (χ2n) is 8.88.